The predicted molar refractivity (Wildman–Crippen MR) is 106 cm³/mol. The zero-order valence-corrected chi connectivity index (χ0v) is 16.4. The van der Waals surface area contributed by atoms with E-state index in [0.717, 1.165) is 16.5 Å². The Morgan fingerprint density at radius 2 is 1.71 bits per heavy atom. The molecule has 28 heavy (non-hydrogen) atoms. The summed E-state index contributed by atoms with van der Waals surface area (Å²) in [4.78, 5) is 12.3. The van der Waals surface area contributed by atoms with Gasteiger partial charge in [0, 0.05) is 11.9 Å². The average molecular weight is 384 g/mol. The zero-order valence-electron chi connectivity index (χ0n) is 16.4. The van der Waals surface area contributed by atoms with Crippen LogP contribution in [-0.4, -0.2) is 27.4 Å². The first-order chi connectivity index (χ1) is 13.5. The van der Waals surface area contributed by atoms with E-state index in [9.17, 15) is 4.79 Å². The summed E-state index contributed by atoms with van der Waals surface area (Å²) in [5.41, 5.74) is 1.62. The molecule has 2 N–H and O–H groups in total. The fourth-order valence-electron chi connectivity index (χ4n) is 2.95. The van der Waals surface area contributed by atoms with Crippen LogP contribution in [0.4, 0.5) is 4.79 Å². The van der Waals surface area contributed by atoms with Crippen molar-refractivity contribution in [3.05, 3.63) is 53.8 Å². The molecule has 2 amide bonds. The van der Waals surface area contributed by atoms with Gasteiger partial charge >= 0.3 is 6.03 Å². The third-order valence-electron chi connectivity index (χ3n) is 4.40. The molecule has 3 rings (SSSR count). The van der Waals surface area contributed by atoms with E-state index in [0.29, 0.717) is 29.6 Å². The summed E-state index contributed by atoms with van der Waals surface area (Å²) in [5, 5.41) is 6.71. The topological polar surface area (TPSA) is 82.0 Å². The van der Waals surface area contributed by atoms with Gasteiger partial charge in [-0.1, -0.05) is 18.2 Å². The third-order valence-corrected chi connectivity index (χ3v) is 4.40. The van der Waals surface area contributed by atoms with Gasteiger partial charge in [-0.05, 0) is 36.8 Å². The lowest BCUT2D eigenvalue weighted by Crippen LogP contribution is -2.36. The number of benzene rings is 2. The maximum Gasteiger partial charge on any atom is 0.315 e. The van der Waals surface area contributed by atoms with E-state index in [-0.39, 0.29) is 12.1 Å². The van der Waals surface area contributed by atoms with E-state index in [1.807, 2.05) is 37.3 Å². The van der Waals surface area contributed by atoms with Crippen molar-refractivity contribution in [1.82, 2.24) is 10.6 Å². The number of carbonyl (C=O) groups is 1. The van der Waals surface area contributed by atoms with Crippen LogP contribution in [0.15, 0.2) is 46.9 Å². The fourth-order valence-corrected chi connectivity index (χ4v) is 2.95. The standard InChI is InChI=1S/C21H24N2O5/c1-13(17-11-15-7-5-6-8-16(15)28-17)23-21(24)22-12-14-9-18(25-2)20(27-4)19(10-14)26-3/h5-11,13H,12H2,1-4H3,(H2,22,23,24)/t13-/m1/s1. The van der Waals surface area contributed by atoms with Gasteiger partial charge in [0.2, 0.25) is 5.75 Å². The van der Waals surface area contributed by atoms with E-state index in [1.54, 1.807) is 33.5 Å². The average Bonchev–Trinajstić information content (AvgIpc) is 3.15. The summed E-state index contributed by atoms with van der Waals surface area (Å²) >= 11 is 0. The number of fused-ring (bicyclic) bond motifs is 1. The highest BCUT2D eigenvalue weighted by atomic mass is 16.5. The van der Waals surface area contributed by atoms with E-state index >= 15 is 0 Å². The number of urea groups is 1. The first kappa shape index (κ1) is 19.4. The molecule has 0 radical (unpaired) electrons. The highest BCUT2D eigenvalue weighted by molar-refractivity contribution is 5.78. The number of rotatable bonds is 7. The Balaban J connectivity index is 1.63. The maximum atomic E-state index is 12.3. The number of ether oxygens (including phenoxy) is 3. The van der Waals surface area contributed by atoms with Crippen LogP contribution < -0.4 is 24.8 Å². The third kappa shape index (κ3) is 4.14. The number of amides is 2. The number of para-hydroxylation sites is 1. The summed E-state index contributed by atoms with van der Waals surface area (Å²) in [5.74, 6) is 2.28. The number of hydrogen-bond acceptors (Lipinski definition) is 5. The molecule has 0 aliphatic rings. The summed E-state index contributed by atoms with van der Waals surface area (Å²) in [6, 6.07) is 12.7. The van der Waals surface area contributed by atoms with Gasteiger partial charge in [0.1, 0.15) is 11.3 Å². The quantitative estimate of drug-likeness (QED) is 0.643. The normalized spacial score (nSPS) is 11.7. The van der Waals surface area contributed by atoms with Gasteiger partial charge < -0.3 is 29.3 Å². The molecule has 0 bridgehead atoms. The molecule has 7 heteroatoms. The molecule has 1 atom stereocenters. The molecule has 1 heterocycles. The van der Waals surface area contributed by atoms with Crippen LogP contribution in [0.25, 0.3) is 11.0 Å². The van der Waals surface area contributed by atoms with Crippen LogP contribution in [0.5, 0.6) is 17.2 Å². The molecular formula is C21H24N2O5. The molecule has 3 aromatic rings. The first-order valence-electron chi connectivity index (χ1n) is 8.87. The van der Waals surface area contributed by atoms with E-state index in [2.05, 4.69) is 10.6 Å². The molecule has 0 unspecified atom stereocenters. The Morgan fingerprint density at radius 1 is 1.04 bits per heavy atom. The first-order valence-corrected chi connectivity index (χ1v) is 8.87. The second-order valence-electron chi connectivity index (χ2n) is 6.27. The fraction of sp³-hybridized carbons (Fsp3) is 0.286. The monoisotopic (exact) mass is 384 g/mol. The Kier molecular flexibility index (Phi) is 5.93. The number of methoxy groups -OCH3 is 3. The van der Waals surface area contributed by atoms with E-state index < -0.39 is 0 Å². The van der Waals surface area contributed by atoms with Gasteiger partial charge in [0.15, 0.2) is 11.5 Å². The van der Waals surface area contributed by atoms with Crippen molar-refractivity contribution in [2.45, 2.75) is 19.5 Å². The molecule has 0 aliphatic carbocycles. The van der Waals surface area contributed by atoms with Crippen LogP contribution in [0.2, 0.25) is 0 Å². The van der Waals surface area contributed by atoms with Gasteiger partial charge in [-0.25, -0.2) is 4.79 Å². The largest absolute Gasteiger partial charge is 0.493 e. The van der Waals surface area contributed by atoms with Crippen LogP contribution >= 0.6 is 0 Å². The van der Waals surface area contributed by atoms with E-state index in [4.69, 9.17) is 18.6 Å². The van der Waals surface area contributed by atoms with Gasteiger partial charge in [0.25, 0.3) is 0 Å². The highest BCUT2D eigenvalue weighted by Gasteiger charge is 2.16. The lowest BCUT2D eigenvalue weighted by Gasteiger charge is -2.15. The van der Waals surface area contributed by atoms with Crippen LogP contribution in [-0.2, 0) is 6.54 Å². The predicted octanol–water partition coefficient (Wildman–Crippen LogP) is 4.02. The minimum Gasteiger partial charge on any atom is -0.493 e. The molecule has 148 valence electrons. The SMILES string of the molecule is COc1cc(CNC(=O)N[C@H](C)c2cc3ccccc3o2)cc(OC)c1OC. The van der Waals surface area contributed by atoms with Gasteiger partial charge in [-0.3, -0.25) is 0 Å². The minimum absolute atomic E-state index is 0.271. The van der Waals surface area contributed by atoms with Crippen molar-refractivity contribution in [1.29, 1.82) is 0 Å². The van der Waals surface area contributed by atoms with Crippen molar-refractivity contribution < 1.29 is 23.4 Å². The molecule has 0 fully saturated rings. The maximum absolute atomic E-state index is 12.3. The van der Waals surface area contributed by atoms with Crippen molar-refractivity contribution >= 4 is 17.0 Å². The van der Waals surface area contributed by atoms with Crippen LogP contribution in [0.1, 0.15) is 24.3 Å². The van der Waals surface area contributed by atoms with Gasteiger partial charge in [-0.2, -0.15) is 0 Å². The lowest BCUT2D eigenvalue weighted by atomic mass is 10.2. The Morgan fingerprint density at radius 3 is 2.32 bits per heavy atom. The number of nitrogens with one attached hydrogen (secondary N) is 2. The smallest absolute Gasteiger partial charge is 0.315 e. The number of carbonyl (C=O) groups excluding carboxylic acids is 1. The second kappa shape index (κ2) is 8.56. The molecule has 1 aromatic heterocycles. The second-order valence-corrected chi connectivity index (χ2v) is 6.27. The van der Waals surface area contributed by atoms with Gasteiger partial charge in [-0.15, -0.1) is 0 Å². The molecule has 0 saturated heterocycles. The highest BCUT2D eigenvalue weighted by Crippen LogP contribution is 2.38. The molecule has 0 saturated carbocycles. The summed E-state index contributed by atoms with van der Waals surface area (Å²) in [7, 11) is 4.65. The van der Waals surface area contributed by atoms with E-state index in [1.165, 1.54) is 0 Å². The summed E-state index contributed by atoms with van der Waals surface area (Å²) in [6.45, 7) is 2.17. The van der Waals surface area contributed by atoms with Crippen molar-refractivity contribution in [2.24, 2.45) is 0 Å². The van der Waals surface area contributed by atoms with Crippen molar-refractivity contribution in [2.75, 3.05) is 21.3 Å². The molecule has 2 aromatic carbocycles. The minimum atomic E-state index is -0.304. The Hall–Kier alpha value is -3.35. The molecule has 7 nitrogen and oxygen atoms in total. The zero-order chi connectivity index (χ0) is 20.1. The van der Waals surface area contributed by atoms with Crippen molar-refractivity contribution in [3.63, 3.8) is 0 Å². The number of furan rings is 1. The van der Waals surface area contributed by atoms with Gasteiger partial charge in [0.05, 0.1) is 27.4 Å². The van der Waals surface area contributed by atoms with Crippen LogP contribution in [0, 0.1) is 0 Å². The Labute approximate surface area is 163 Å². The molecule has 0 spiro atoms. The van der Waals surface area contributed by atoms with Crippen molar-refractivity contribution in [3.8, 4) is 17.2 Å². The molecular weight excluding hydrogens is 360 g/mol. The number of hydrogen-bond donors (Lipinski definition) is 2. The summed E-state index contributed by atoms with van der Waals surface area (Å²) in [6.07, 6.45) is 0. The lowest BCUT2D eigenvalue weighted by molar-refractivity contribution is 0.236. The molecule has 0 aliphatic heterocycles. The summed E-state index contributed by atoms with van der Waals surface area (Å²) < 4.78 is 21.8. The Bertz CT molecular complexity index is 908. The van der Waals surface area contributed by atoms with Crippen LogP contribution in [0.3, 0.4) is 0 Å².